The van der Waals surface area contributed by atoms with Gasteiger partial charge in [-0.05, 0) is 61.2 Å². The first-order valence-corrected chi connectivity index (χ1v) is 14.8. The van der Waals surface area contributed by atoms with E-state index in [2.05, 4.69) is 39.2 Å². The Bertz CT molecular complexity index is 1380. The second-order valence-electron chi connectivity index (χ2n) is 8.59. The SMILES string of the molecule is CC.CC.NS(=O)(=O)c1cccc(-c2cnn3cc(-c4ccc(CCN5CCCCC5)cc4)cnc23)c1. The number of hydrogen-bond donors (Lipinski definition) is 1. The number of piperidine rings is 1. The van der Waals surface area contributed by atoms with E-state index in [1.807, 2.05) is 46.2 Å². The summed E-state index contributed by atoms with van der Waals surface area (Å²) >= 11 is 0. The molecule has 7 nitrogen and oxygen atoms in total. The summed E-state index contributed by atoms with van der Waals surface area (Å²) in [6.07, 6.45) is 10.5. The Morgan fingerprint density at radius 1 is 0.865 bits per heavy atom. The fourth-order valence-corrected chi connectivity index (χ4v) is 4.96. The maximum absolute atomic E-state index is 11.7. The van der Waals surface area contributed by atoms with Crippen molar-refractivity contribution in [3.8, 4) is 22.3 Å². The molecule has 0 aliphatic carbocycles. The van der Waals surface area contributed by atoms with Crippen LogP contribution < -0.4 is 5.14 Å². The minimum Gasteiger partial charge on any atom is -0.303 e. The molecule has 1 saturated heterocycles. The molecule has 1 fully saturated rings. The Morgan fingerprint density at radius 2 is 1.57 bits per heavy atom. The molecule has 2 N–H and O–H groups in total. The van der Waals surface area contributed by atoms with E-state index >= 15 is 0 Å². The molecule has 0 bridgehead atoms. The molecule has 1 aliphatic rings. The highest BCUT2D eigenvalue weighted by molar-refractivity contribution is 7.89. The van der Waals surface area contributed by atoms with Gasteiger partial charge in [0.2, 0.25) is 10.0 Å². The monoisotopic (exact) mass is 521 g/mol. The van der Waals surface area contributed by atoms with E-state index < -0.39 is 10.0 Å². The molecule has 0 spiro atoms. The second-order valence-corrected chi connectivity index (χ2v) is 10.2. The van der Waals surface area contributed by atoms with Gasteiger partial charge in [0.25, 0.3) is 0 Å². The zero-order valence-corrected chi connectivity index (χ0v) is 23.2. The number of rotatable bonds is 6. The summed E-state index contributed by atoms with van der Waals surface area (Å²) in [7, 11) is -3.78. The third-order valence-corrected chi connectivity index (χ3v) is 7.19. The molecule has 0 atom stereocenters. The van der Waals surface area contributed by atoms with E-state index in [4.69, 9.17) is 5.14 Å². The second kappa shape index (κ2) is 13.5. The summed E-state index contributed by atoms with van der Waals surface area (Å²) in [5, 5.41) is 9.72. The molecule has 8 heteroatoms. The summed E-state index contributed by atoms with van der Waals surface area (Å²) in [5.74, 6) is 0. The summed E-state index contributed by atoms with van der Waals surface area (Å²) in [5.41, 5.74) is 5.50. The number of nitrogens with two attached hydrogens (primary N) is 1. The quantitative estimate of drug-likeness (QED) is 0.347. The van der Waals surface area contributed by atoms with E-state index in [0.717, 1.165) is 29.7 Å². The first-order valence-electron chi connectivity index (χ1n) is 13.3. The molecule has 198 valence electrons. The van der Waals surface area contributed by atoms with Gasteiger partial charge in [0.1, 0.15) is 0 Å². The van der Waals surface area contributed by atoms with Crippen molar-refractivity contribution in [2.45, 2.75) is 58.3 Å². The average Bonchev–Trinajstić information content (AvgIpc) is 3.38. The predicted molar refractivity (Wildman–Crippen MR) is 152 cm³/mol. The van der Waals surface area contributed by atoms with Crippen LogP contribution in [0.1, 0.15) is 52.5 Å². The number of sulfonamides is 1. The number of likely N-dealkylation sites (tertiary alicyclic amines) is 1. The summed E-state index contributed by atoms with van der Waals surface area (Å²) < 4.78 is 25.1. The van der Waals surface area contributed by atoms with Gasteiger partial charge in [-0.1, -0.05) is 70.5 Å². The summed E-state index contributed by atoms with van der Waals surface area (Å²) in [6, 6.07) is 15.2. The van der Waals surface area contributed by atoms with Gasteiger partial charge in [0.05, 0.1) is 11.1 Å². The molecule has 2 aromatic carbocycles. The van der Waals surface area contributed by atoms with Gasteiger partial charge in [0, 0.05) is 30.1 Å². The van der Waals surface area contributed by atoms with Crippen LogP contribution in [0.3, 0.4) is 0 Å². The van der Waals surface area contributed by atoms with Gasteiger partial charge in [-0.3, -0.25) is 0 Å². The Labute approximate surface area is 221 Å². The molecule has 0 unspecified atom stereocenters. The lowest BCUT2D eigenvalue weighted by atomic mass is 10.0. The Balaban J connectivity index is 0.000000907. The normalized spacial score (nSPS) is 13.9. The van der Waals surface area contributed by atoms with Gasteiger partial charge < -0.3 is 4.90 Å². The van der Waals surface area contributed by atoms with Crippen molar-refractivity contribution in [2.24, 2.45) is 5.14 Å². The molecular weight excluding hydrogens is 482 g/mol. The van der Waals surface area contributed by atoms with Crippen LogP contribution in [-0.2, 0) is 16.4 Å². The Morgan fingerprint density at radius 3 is 2.24 bits per heavy atom. The van der Waals surface area contributed by atoms with Crippen molar-refractivity contribution < 1.29 is 8.42 Å². The van der Waals surface area contributed by atoms with E-state index in [9.17, 15) is 8.42 Å². The lowest BCUT2D eigenvalue weighted by molar-refractivity contribution is 0.231. The van der Waals surface area contributed by atoms with Crippen molar-refractivity contribution in [3.05, 3.63) is 72.7 Å². The molecule has 2 aromatic heterocycles. The van der Waals surface area contributed by atoms with Crippen molar-refractivity contribution in [1.82, 2.24) is 19.5 Å². The minimum absolute atomic E-state index is 0.0661. The van der Waals surface area contributed by atoms with E-state index in [0.29, 0.717) is 11.2 Å². The number of hydrogen-bond acceptors (Lipinski definition) is 5. The highest BCUT2D eigenvalue weighted by atomic mass is 32.2. The Kier molecular flexibility index (Phi) is 10.4. The highest BCUT2D eigenvalue weighted by Crippen LogP contribution is 2.27. The van der Waals surface area contributed by atoms with Gasteiger partial charge in [0.15, 0.2) is 5.65 Å². The minimum atomic E-state index is -3.78. The largest absolute Gasteiger partial charge is 0.303 e. The van der Waals surface area contributed by atoms with Crippen molar-refractivity contribution in [1.29, 1.82) is 0 Å². The van der Waals surface area contributed by atoms with Crippen LogP contribution in [0.4, 0.5) is 0 Å². The molecule has 4 aromatic rings. The molecule has 1 aliphatic heterocycles. The van der Waals surface area contributed by atoms with Gasteiger partial charge in [-0.15, -0.1) is 0 Å². The van der Waals surface area contributed by atoms with E-state index in [-0.39, 0.29) is 4.90 Å². The molecule has 5 rings (SSSR count). The number of aromatic nitrogens is 3. The smallest absolute Gasteiger partial charge is 0.238 e. The summed E-state index contributed by atoms with van der Waals surface area (Å²) in [6.45, 7) is 11.6. The van der Waals surface area contributed by atoms with E-state index in [1.54, 1.807) is 22.8 Å². The van der Waals surface area contributed by atoms with Crippen LogP contribution in [0.25, 0.3) is 27.9 Å². The third-order valence-electron chi connectivity index (χ3n) is 6.28. The van der Waals surface area contributed by atoms with Crippen LogP contribution in [-0.4, -0.2) is 47.6 Å². The molecule has 3 heterocycles. The first kappa shape index (κ1) is 28.5. The lowest BCUT2D eigenvalue weighted by Gasteiger charge is -2.26. The standard InChI is InChI=1S/C25H27N5O2S.2C2H6/c26-33(31,32)23-6-4-5-21(15-23)24-17-28-30-18-22(16-27-25(24)30)20-9-7-19(8-10-20)11-14-29-12-2-1-3-13-29;2*1-2/h4-10,15-18H,1-3,11-14H2,(H2,26,31,32);2*1-2H3. The fourth-order valence-electron chi connectivity index (χ4n) is 4.40. The van der Waals surface area contributed by atoms with Crippen molar-refractivity contribution in [2.75, 3.05) is 19.6 Å². The van der Waals surface area contributed by atoms with Crippen molar-refractivity contribution in [3.63, 3.8) is 0 Å². The molecular formula is C29H39N5O2S. The topological polar surface area (TPSA) is 93.6 Å². The predicted octanol–water partition coefficient (Wildman–Crippen LogP) is 5.79. The molecule has 0 radical (unpaired) electrons. The van der Waals surface area contributed by atoms with Crippen LogP contribution in [0.15, 0.2) is 72.0 Å². The molecule has 37 heavy (non-hydrogen) atoms. The number of nitrogens with zero attached hydrogens (tertiary/aromatic N) is 4. The first-order chi connectivity index (χ1) is 18.0. The van der Waals surface area contributed by atoms with Gasteiger partial charge in [-0.25, -0.2) is 23.1 Å². The molecule has 0 saturated carbocycles. The van der Waals surface area contributed by atoms with Gasteiger partial charge >= 0.3 is 0 Å². The zero-order chi connectivity index (χ0) is 26.8. The highest BCUT2D eigenvalue weighted by Gasteiger charge is 2.14. The third kappa shape index (κ3) is 7.25. The number of fused-ring (bicyclic) bond motifs is 1. The number of primary sulfonamides is 1. The van der Waals surface area contributed by atoms with Crippen LogP contribution in [0, 0.1) is 0 Å². The number of benzene rings is 2. The summed E-state index contributed by atoms with van der Waals surface area (Å²) in [4.78, 5) is 7.24. The maximum atomic E-state index is 11.7. The van der Waals surface area contributed by atoms with Crippen LogP contribution in [0.5, 0.6) is 0 Å². The lowest BCUT2D eigenvalue weighted by Crippen LogP contribution is -2.31. The Hall–Kier alpha value is -3.07. The van der Waals surface area contributed by atoms with Crippen LogP contribution in [0.2, 0.25) is 0 Å². The zero-order valence-electron chi connectivity index (χ0n) is 22.4. The van der Waals surface area contributed by atoms with Crippen molar-refractivity contribution >= 4 is 15.7 Å². The molecule has 0 amide bonds. The average molecular weight is 522 g/mol. The fraction of sp³-hybridized carbons (Fsp3) is 0.379. The maximum Gasteiger partial charge on any atom is 0.238 e. The van der Waals surface area contributed by atoms with Gasteiger partial charge in [-0.2, -0.15) is 5.10 Å². The van der Waals surface area contributed by atoms with Crippen LogP contribution >= 0.6 is 0 Å². The van der Waals surface area contributed by atoms with E-state index in [1.165, 1.54) is 44.0 Å².